The number of ether oxygens (including phenoxy) is 2. The fourth-order valence-electron chi connectivity index (χ4n) is 6.21. The van der Waals surface area contributed by atoms with E-state index in [0.717, 1.165) is 25.8 Å². The largest absolute Gasteiger partial charge is 0.466 e. The van der Waals surface area contributed by atoms with Gasteiger partial charge in [-0.2, -0.15) is 0 Å². The van der Waals surface area contributed by atoms with Gasteiger partial charge in [0.25, 0.3) is 0 Å². The van der Waals surface area contributed by atoms with E-state index in [0.29, 0.717) is 25.6 Å². The minimum absolute atomic E-state index is 0.0298. The summed E-state index contributed by atoms with van der Waals surface area (Å²) in [5.74, 6) is 0.509. The van der Waals surface area contributed by atoms with Gasteiger partial charge in [-0.05, 0) is 56.9 Å². The number of hydrogen-bond donors (Lipinski definition) is 0. The molecule has 156 valence electrons. The van der Waals surface area contributed by atoms with Gasteiger partial charge in [0.05, 0.1) is 18.4 Å². The first-order chi connectivity index (χ1) is 13.4. The van der Waals surface area contributed by atoms with Crippen molar-refractivity contribution in [1.82, 2.24) is 4.90 Å². The van der Waals surface area contributed by atoms with Crippen LogP contribution in [0.25, 0.3) is 0 Å². The zero-order valence-corrected chi connectivity index (χ0v) is 17.6. The Kier molecular flexibility index (Phi) is 5.56. The summed E-state index contributed by atoms with van der Waals surface area (Å²) in [5.41, 5.74) is 1.76. The zero-order chi connectivity index (χ0) is 19.9. The van der Waals surface area contributed by atoms with Crippen molar-refractivity contribution in [3.8, 4) is 0 Å². The van der Waals surface area contributed by atoms with Gasteiger partial charge in [0.2, 0.25) is 0 Å². The predicted octanol–water partition coefficient (Wildman–Crippen LogP) is 3.58. The summed E-state index contributed by atoms with van der Waals surface area (Å²) in [4.78, 5) is 27.2. The Balaban J connectivity index is 1.48. The Morgan fingerprint density at radius 3 is 2.96 bits per heavy atom. The molecule has 2 aliphatic heterocycles. The summed E-state index contributed by atoms with van der Waals surface area (Å²) < 4.78 is 11.1. The average molecular weight is 390 g/mol. The number of allylic oxidation sites excluding steroid dienone is 1. The van der Waals surface area contributed by atoms with Crippen molar-refractivity contribution >= 4 is 11.9 Å². The van der Waals surface area contributed by atoms with Crippen LogP contribution in [0.1, 0.15) is 59.3 Å². The lowest BCUT2D eigenvalue weighted by Gasteiger charge is -2.46. The van der Waals surface area contributed by atoms with E-state index >= 15 is 0 Å². The van der Waals surface area contributed by atoms with Crippen LogP contribution in [0, 0.1) is 29.1 Å². The lowest BCUT2D eigenvalue weighted by atomic mass is 9.59. The highest BCUT2D eigenvalue weighted by atomic mass is 16.6. The second-order valence-electron chi connectivity index (χ2n) is 9.69. The maximum absolute atomic E-state index is 12.8. The van der Waals surface area contributed by atoms with Crippen molar-refractivity contribution < 1.29 is 19.1 Å². The van der Waals surface area contributed by atoms with Crippen molar-refractivity contribution in [1.29, 1.82) is 0 Å². The molecule has 0 amide bonds. The number of carbonyl (C=O) groups excluding carboxylic acids is 2. The fraction of sp³-hybridized carbons (Fsp3) is 0.826. The Morgan fingerprint density at radius 1 is 1.36 bits per heavy atom. The standard InChI is InChI=1S/C23H35NO4/c1-4-27-21(25)16-8-6-10-24(13-16)14-18-17-11-19-15(2)7-5-9-23(19,3)12-20(17)28-22(18)26/h11,15-18,20H,4-10,12-14H2,1-3H3. The van der Waals surface area contributed by atoms with Crippen molar-refractivity contribution in [2.75, 3.05) is 26.2 Å². The summed E-state index contributed by atoms with van der Waals surface area (Å²) in [6.07, 6.45) is 9.02. The minimum Gasteiger partial charge on any atom is -0.466 e. The molecule has 0 aromatic heterocycles. The molecule has 0 spiro atoms. The quantitative estimate of drug-likeness (QED) is 0.543. The SMILES string of the molecule is CCOC(=O)C1CCCN(CC2C(=O)OC3CC4(C)CCCC(C)C4=CC32)C1. The van der Waals surface area contributed by atoms with Gasteiger partial charge >= 0.3 is 11.9 Å². The number of hydrogen-bond acceptors (Lipinski definition) is 5. The van der Waals surface area contributed by atoms with Gasteiger partial charge in [-0.1, -0.05) is 31.9 Å². The summed E-state index contributed by atoms with van der Waals surface area (Å²) in [5, 5.41) is 0. The summed E-state index contributed by atoms with van der Waals surface area (Å²) >= 11 is 0. The molecule has 4 rings (SSSR count). The summed E-state index contributed by atoms with van der Waals surface area (Å²) in [7, 11) is 0. The van der Waals surface area contributed by atoms with E-state index in [2.05, 4.69) is 24.8 Å². The predicted molar refractivity (Wildman–Crippen MR) is 106 cm³/mol. The molecule has 1 saturated carbocycles. The number of esters is 2. The second-order valence-corrected chi connectivity index (χ2v) is 9.69. The smallest absolute Gasteiger partial charge is 0.311 e. The molecule has 5 nitrogen and oxygen atoms in total. The molecule has 0 aromatic rings. The van der Waals surface area contributed by atoms with Crippen LogP contribution in [-0.2, 0) is 19.1 Å². The third kappa shape index (κ3) is 3.62. The van der Waals surface area contributed by atoms with Crippen LogP contribution in [0.2, 0.25) is 0 Å². The summed E-state index contributed by atoms with van der Waals surface area (Å²) in [6.45, 7) is 9.32. The molecule has 6 atom stereocenters. The molecule has 4 aliphatic rings. The molecule has 5 heteroatoms. The Bertz CT molecular complexity index is 659. The molecule has 2 heterocycles. The van der Waals surface area contributed by atoms with E-state index in [4.69, 9.17) is 9.47 Å². The molecule has 0 radical (unpaired) electrons. The van der Waals surface area contributed by atoms with Gasteiger partial charge in [0.15, 0.2) is 0 Å². The van der Waals surface area contributed by atoms with Crippen molar-refractivity contribution in [3.63, 3.8) is 0 Å². The van der Waals surface area contributed by atoms with Crippen LogP contribution in [0.15, 0.2) is 11.6 Å². The van der Waals surface area contributed by atoms with E-state index in [1.165, 1.54) is 19.3 Å². The highest BCUT2D eigenvalue weighted by Crippen LogP contribution is 2.54. The van der Waals surface area contributed by atoms with E-state index in [-0.39, 0.29) is 41.2 Å². The van der Waals surface area contributed by atoms with Crippen LogP contribution in [0.4, 0.5) is 0 Å². The van der Waals surface area contributed by atoms with Crippen LogP contribution >= 0.6 is 0 Å². The molecule has 3 fully saturated rings. The lowest BCUT2D eigenvalue weighted by molar-refractivity contribution is -0.150. The maximum atomic E-state index is 12.8. The highest BCUT2D eigenvalue weighted by molar-refractivity contribution is 5.76. The fourth-order valence-corrected chi connectivity index (χ4v) is 6.21. The first-order valence-electron chi connectivity index (χ1n) is 11.2. The molecular formula is C23H35NO4. The number of rotatable bonds is 4. The molecular weight excluding hydrogens is 354 g/mol. The van der Waals surface area contributed by atoms with Crippen LogP contribution in [0.3, 0.4) is 0 Å². The number of likely N-dealkylation sites (tertiary alicyclic amines) is 1. The van der Waals surface area contributed by atoms with Gasteiger partial charge in [-0.25, -0.2) is 0 Å². The number of piperidine rings is 1. The highest BCUT2D eigenvalue weighted by Gasteiger charge is 2.52. The van der Waals surface area contributed by atoms with E-state index < -0.39 is 0 Å². The summed E-state index contributed by atoms with van der Waals surface area (Å²) in [6, 6.07) is 0. The van der Waals surface area contributed by atoms with Crippen molar-refractivity contribution in [2.45, 2.75) is 65.4 Å². The van der Waals surface area contributed by atoms with Crippen molar-refractivity contribution in [3.05, 3.63) is 11.6 Å². The normalized spacial score (nSPS) is 40.9. The molecule has 6 unspecified atom stereocenters. The van der Waals surface area contributed by atoms with Crippen LogP contribution in [-0.4, -0.2) is 49.2 Å². The van der Waals surface area contributed by atoms with Gasteiger partial charge in [0, 0.05) is 19.0 Å². The molecule has 0 aromatic carbocycles. The third-order valence-corrected chi connectivity index (χ3v) is 7.66. The van der Waals surface area contributed by atoms with Crippen LogP contribution < -0.4 is 0 Å². The Labute approximate surface area is 168 Å². The van der Waals surface area contributed by atoms with Gasteiger partial charge in [-0.15, -0.1) is 0 Å². The van der Waals surface area contributed by atoms with E-state index in [9.17, 15) is 9.59 Å². The van der Waals surface area contributed by atoms with Crippen LogP contribution in [0.5, 0.6) is 0 Å². The Hall–Kier alpha value is -1.36. The van der Waals surface area contributed by atoms with E-state index in [1.807, 2.05) is 6.92 Å². The molecule has 0 bridgehead atoms. The van der Waals surface area contributed by atoms with Crippen molar-refractivity contribution in [2.24, 2.45) is 29.1 Å². The van der Waals surface area contributed by atoms with Gasteiger partial charge in [-0.3, -0.25) is 9.59 Å². The number of carbonyl (C=O) groups is 2. The van der Waals surface area contributed by atoms with Gasteiger partial charge in [0.1, 0.15) is 6.10 Å². The molecule has 0 N–H and O–H groups in total. The monoisotopic (exact) mass is 389 g/mol. The molecule has 2 saturated heterocycles. The minimum atomic E-state index is -0.0999. The van der Waals surface area contributed by atoms with Gasteiger partial charge < -0.3 is 14.4 Å². The lowest BCUT2D eigenvalue weighted by Crippen LogP contribution is -2.44. The second kappa shape index (κ2) is 7.81. The number of nitrogens with zero attached hydrogens (tertiary/aromatic N) is 1. The zero-order valence-electron chi connectivity index (χ0n) is 17.6. The average Bonchev–Trinajstić information content (AvgIpc) is 2.94. The number of fused-ring (bicyclic) bond motifs is 2. The molecule has 28 heavy (non-hydrogen) atoms. The third-order valence-electron chi connectivity index (χ3n) is 7.66. The Morgan fingerprint density at radius 2 is 2.18 bits per heavy atom. The topological polar surface area (TPSA) is 55.8 Å². The van der Waals surface area contributed by atoms with E-state index in [1.54, 1.807) is 5.57 Å². The first kappa shape index (κ1) is 19.9. The maximum Gasteiger partial charge on any atom is 0.311 e. The molecule has 2 aliphatic carbocycles. The first-order valence-corrected chi connectivity index (χ1v) is 11.2.